The second-order valence-corrected chi connectivity index (χ2v) is 6.42. The number of amides is 2. The van der Waals surface area contributed by atoms with Crippen molar-refractivity contribution in [2.75, 3.05) is 5.32 Å². The first kappa shape index (κ1) is 21.1. The molecule has 0 saturated heterocycles. The molecule has 2 amide bonds. The number of non-ortho nitro benzene ring substituents is 2. The third-order valence-electron chi connectivity index (χ3n) is 4.30. The van der Waals surface area contributed by atoms with Crippen molar-refractivity contribution in [1.29, 1.82) is 0 Å². The maximum atomic E-state index is 12.6. The fraction of sp³-hybridized carbons (Fsp3) is 0.0476. The van der Waals surface area contributed by atoms with Gasteiger partial charge in [-0.05, 0) is 17.7 Å². The van der Waals surface area contributed by atoms with E-state index in [-0.39, 0.29) is 23.4 Å². The molecule has 10 heteroatoms. The summed E-state index contributed by atoms with van der Waals surface area (Å²) in [5, 5.41) is 27.3. The van der Waals surface area contributed by atoms with Crippen molar-refractivity contribution < 1.29 is 19.4 Å². The summed E-state index contributed by atoms with van der Waals surface area (Å²) in [7, 11) is 0. The normalized spacial score (nSPS) is 10.2. The number of carbonyl (C=O) groups is 2. The minimum Gasteiger partial charge on any atom is -0.348 e. The molecule has 0 saturated carbocycles. The fourth-order valence-electron chi connectivity index (χ4n) is 2.80. The van der Waals surface area contributed by atoms with Crippen molar-refractivity contribution in [3.63, 3.8) is 0 Å². The second-order valence-electron chi connectivity index (χ2n) is 6.42. The summed E-state index contributed by atoms with van der Waals surface area (Å²) in [4.78, 5) is 45.7. The van der Waals surface area contributed by atoms with Crippen LogP contribution in [0.15, 0.2) is 72.8 Å². The minimum atomic E-state index is -0.825. The van der Waals surface area contributed by atoms with Crippen molar-refractivity contribution in [2.24, 2.45) is 0 Å². The van der Waals surface area contributed by atoms with Gasteiger partial charge >= 0.3 is 0 Å². The number of hydrogen-bond acceptors (Lipinski definition) is 6. The van der Waals surface area contributed by atoms with Crippen LogP contribution in [0.4, 0.5) is 17.1 Å². The molecule has 0 aliphatic rings. The summed E-state index contributed by atoms with van der Waals surface area (Å²) >= 11 is 0. The minimum absolute atomic E-state index is 0.159. The van der Waals surface area contributed by atoms with Gasteiger partial charge in [0.05, 0.1) is 32.7 Å². The summed E-state index contributed by atoms with van der Waals surface area (Å²) in [6.45, 7) is 0.277. The molecule has 0 unspecified atom stereocenters. The molecule has 0 spiro atoms. The molecule has 0 aromatic heterocycles. The topological polar surface area (TPSA) is 144 Å². The Morgan fingerprint density at radius 1 is 0.774 bits per heavy atom. The summed E-state index contributed by atoms with van der Waals surface area (Å²) < 4.78 is 0. The van der Waals surface area contributed by atoms with Crippen LogP contribution >= 0.6 is 0 Å². The highest BCUT2D eigenvalue weighted by Gasteiger charge is 2.21. The van der Waals surface area contributed by atoms with Crippen molar-refractivity contribution in [3.05, 3.63) is 110 Å². The lowest BCUT2D eigenvalue weighted by Gasteiger charge is -2.11. The molecule has 156 valence electrons. The maximum Gasteiger partial charge on any atom is 0.277 e. The van der Waals surface area contributed by atoms with Gasteiger partial charge in [-0.2, -0.15) is 0 Å². The van der Waals surface area contributed by atoms with Crippen LogP contribution in [0.25, 0.3) is 0 Å². The molecule has 0 aliphatic carbocycles. The van der Waals surface area contributed by atoms with Crippen LogP contribution in [0.2, 0.25) is 0 Å². The quantitative estimate of drug-likeness (QED) is 0.440. The van der Waals surface area contributed by atoms with Crippen molar-refractivity contribution in [2.45, 2.75) is 6.54 Å². The zero-order valence-corrected chi connectivity index (χ0v) is 16.0. The van der Waals surface area contributed by atoms with Gasteiger partial charge in [-0.3, -0.25) is 29.8 Å². The van der Waals surface area contributed by atoms with E-state index < -0.39 is 33.0 Å². The number of nitrogens with one attached hydrogen (secondary N) is 2. The number of nitrogens with zero attached hydrogens (tertiary/aromatic N) is 2. The Morgan fingerprint density at radius 3 is 1.97 bits per heavy atom. The number of nitro groups is 2. The van der Waals surface area contributed by atoms with Gasteiger partial charge < -0.3 is 10.6 Å². The highest BCUT2D eigenvalue weighted by Crippen LogP contribution is 2.24. The summed E-state index contributed by atoms with van der Waals surface area (Å²) in [5.41, 5.74) is -0.234. The first-order valence-corrected chi connectivity index (χ1v) is 9.01. The maximum absolute atomic E-state index is 12.6. The van der Waals surface area contributed by atoms with Gasteiger partial charge in [0.1, 0.15) is 0 Å². The fourth-order valence-corrected chi connectivity index (χ4v) is 2.80. The molecule has 3 aromatic carbocycles. The molecule has 3 aromatic rings. The Morgan fingerprint density at radius 2 is 1.35 bits per heavy atom. The first-order valence-electron chi connectivity index (χ1n) is 9.01. The van der Waals surface area contributed by atoms with Crippen LogP contribution in [-0.2, 0) is 6.54 Å². The standard InChI is InChI=1S/C21H16N4O6/c26-20(15-10-16(24(28)29)12-17(11-15)25(30)31)23-19-9-5-4-8-18(19)21(27)22-13-14-6-2-1-3-7-14/h1-12H,13H2,(H,22,27)(H,23,26). The Balaban J connectivity index is 1.82. The van der Waals surface area contributed by atoms with Crippen molar-refractivity contribution in [1.82, 2.24) is 5.32 Å². The molecule has 2 N–H and O–H groups in total. The van der Waals surface area contributed by atoms with Crippen LogP contribution in [-0.4, -0.2) is 21.7 Å². The molecule has 31 heavy (non-hydrogen) atoms. The van der Waals surface area contributed by atoms with E-state index in [1.54, 1.807) is 12.1 Å². The lowest BCUT2D eigenvalue weighted by molar-refractivity contribution is -0.394. The van der Waals surface area contributed by atoms with E-state index in [2.05, 4.69) is 10.6 Å². The smallest absolute Gasteiger partial charge is 0.277 e. The van der Waals surface area contributed by atoms with E-state index in [0.717, 1.165) is 23.8 Å². The highest BCUT2D eigenvalue weighted by atomic mass is 16.6. The number of benzene rings is 3. The van der Waals surface area contributed by atoms with Crippen LogP contribution < -0.4 is 10.6 Å². The predicted molar refractivity (Wildman–Crippen MR) is 112 cm³/mol. The first-order chi connectivity index (χ1) is 14.8. The predicted octanol–water partition coefficient (Wildman–Crippen LogP) is 3.69. The number of carbonyl (C=O) groups excluding carboxylic acids is 2. The van der Waals surface area contributed by atoms with E-state index in [9.17, 15) is 29.8 Å². The SMILES string of the molecule is O=C(Nc1ccccc1C(=O)NCc1ccccc1)c1cc([N+](=O)[O-])cc([N+](=O)[O-])c1. The number of para-hydroxylation sites is 1. The third-order valence-corrected chi connectivity index (χ3v) is 4.30. The third kappa shape index (κ3) is 5.26. The Bertz CT molecular complexity index is 1130. The van der Waals surface area contributed by atoms with Crippen LogP contribution in [0.3, 0.4) is 0 Å². The van der Waals surface area contributed by atoms with Crippen molar-refractivity contribution >= 4 is 28.9 Å². The number of hydrogen-bond donors (Lipinski definition) is 2. The van der Waals surface area contributed by atoms with Gasteiger partial charge in [0.2, 0.25) is 0 Å². The molecule has 0 bridgehead atoms. The lowest BCUT2D eigenvalue weighted by Crippen LogP contribution is -2.24. The Hall–Kier alpha value is -4.60. The molecule has 10 nitrogen and oxygen atoms in total. The molecule has 0 radical (unpaired) electrons. The number of rotatable bonds is 7. The number of nitro benzene ring substituents is 2. The van der Waals surface area contributed by atoms with Gasteiger partial charge in [0.25, 0.3) is 23.2 Å². The molecule has 0 aliphatic heterocycles. The van der Waals surface area contributed by atoms with Gasteiger partial charge in [-0.1, -0.05) is 42.5 Å². The molecule has 3 rings (SSSR count). The number of anilines is 1. The van der Waals surface area contributed by atoms with E-state index in [1.807, 2.05) is 30.3 Å². The van der Waals surface area contributed by atoms with Gasteiger partial charge in [0.15, 0.2) is 0 Å². The van der Waals surface area contributed by atoms with E-state index in [0.29, 0.717) is 0 Å². The molecular formula is C21H16N4O6. The average molecular weight is 420 g/mol. The van der Waals surface area contributed by atoms with E-state index in [1.165, 1.54) is 12.1 Å². The summed E-state index contributed by atoms with van der Waals surface area (Å²) in [6, 6.07) is 18.1. The lowest BCUT2D eigenvalue weighted by atomic mass is 10.1. The Labute approximate surface area is 175 Å². The van der Waals surface area contributed by atoms with Crippen LogP contribution in [0.5, 0.6) is 0 Å². The largest absolute Gasteiger partial charge is 0.348 e. The second kappa shape index (κ2) is 9.27. The van der Waals surface area contributed by atoms with Gasteiger partial charge in [-0.25, -0.2) is 0 Å². The Kier molecular flexibility index (Phi) is 6.31. The molecular weight excluding hydrogens is 404 g/mol. The van der Waals surface area contributed by atoms with Crippen molar-refractivity contribution in [3.8, 4) is 0 Å². The zero-order chi connectivity index (χ0) is 22.4. The highest BCUT2D eigenvalue weighted by molar-refractivity contribution is 6.09. The van der Waals surface area contributed by atoms with Gasteiger partial charge in [-0.15, -0.1) is 0 Å². The van der Waals surface area contributed by atoms with Gasteiger partial charge in [0, 0.05) is 18.7 Å². The summed E-state index contributed by atoms with van der Waals surface area (Å²) in [6.07, 6.45) is 0. The molecule has 0 atom stereocenters. The van der Waals surface area contributed by atoms with Crippen LogP contribution in [0, 0.1) is 20.2 Å². The van der Waals surface area contributed by atoms with E-state index >= 15 is 0 Å². The monoisotopic (exact) mass is 420 g/mol. The van der Waals surface area contributed by atoms with Crippen LogP contribution in [0.1, 0.15) is 26.3 Å². The average Bonchev–Trinajstić information content (AvgIpc) is 2.78. The molecule has 0 fully saturated rings. The summed E-state index contributed by atoms with van der Waals surface area (Å²) in [5.74, 6) is -1.26. The van der Waals surface area contributed by atoms with E-state index in [4.69, 9.17) is 0 Å². The molecule has 0 heterocycles. The zero-order valence-electron chi connectivity index (χ0n) is 16.0.